The quantitative estimate of drug-likeness (QED) is 0.166. The van der Waals surface area contributed by atoms with Gasteiger partial charge in [0.25, 0.3) is 0 Å². The van der Waals surface area contributed by atoms with Gasteiger partial charge in [-0.05, 0) is 131 Å². The Balaban J connectivity index is 1.06. The summed E-state index contributed by atoms with van der Waals surface area (Å²) in [6, 6.07) is 57.9. The fourth-order valence-corrected chi connectivity index (χ4v) is 13.5. The van der Waals surface area contributed by atoms with Crippen molar-refractivity contribution in [2.75, 3.05) is 4.90 Å². The Hall–Kier alpha value is -5.86. The molecule has 7 aromatic carbocycles. The molecule has 308 valence electrons. The standard InChI is InChI=1S/C60H57NO/c1-4-40-35-39(3)60(38-41(5-2)36-40)52-23-11-7-17-46(52)50-37-44(31-32-53(50)60)61(55-25-16-24-54-57(55)49-19-8-10-22-51(49)59(54)33-13-6-14-34-59)43-29-27-42(28-30-43)45-20-15-21-48-47-18-9-12-26-56(47)62-58(45)48/h7-12,15-32,37,39-41H,4-6,13-14,33-36,38H2,1-3H3/t39-,40?,41+,60-/m0/s1. The Kier molecular flexibility index (Phi) is 8.93. The third-order valence-electron chi connectivity index (χ3n) is 16.5. The van der Waals surface area contributed by atoms with Gasteiger partial charge >= 0.3 is 0 Å². The van der Waals surface area contributed by atoms with Crippen LogP contribution in [0.25, 0.3) is 55.3 Å². The van der Waals surface area contributed by atoms with Gasteiger partial charge in [-0.25, -0.2) is 0 Å². The van der Waals surface area contributed by atoms with Crippen molar-refractivity contribution in [2.24, 2.45) is 17.8 Å². The van der Waals surface area contributed by atoms with Crippen LogP contribution in [0.4, 0.5) is 17.1 Å². The summed E-state index contributed by atoms with van der Waals surface area (Å²) in [5.74, 6) is 2.08. The fourth-order valence-electron chi connectivity index (χ4n) is 13.5. The molecule has 0 bridgehead atoms. The molecule has 1 aromatic heterocycles. The van der Waals surface area contributed by atoms with E-state index in [2.05, 4.69) is 177 Å². The van der Waals surface area contributed by atoms with E-state index < -0.39 is 0 Å². The predicted octanol–water partition coefficient (Wildman–Crippen LogP) is 17.1. The van der Waals surface area contributed by atoms with Crippen LogP contribution in [0.15, 0.2) is 156 Å². The molecule has 4 aliphatic rings. The highest BCUT2D eigenvalue weighted by atomic mass is 16.3. The van der Waals surface area contributed by atoms with E-state index in [0.29, 0.717) is 5.92 Å². The summed E-state index contributed by atoms with van der Waals surface area (Å²) >= 11 is 0. The lowest BCUT2D eigenvalue weighted by Gasteiger charge is -2.39. The van der Waals surface area contributed by atoms with Crippen molar-refractivity contribution < 1.29 is 4.42 Å². The minimum atomic E-state index is 0.0273. The molecular formula is C60H57NO. The van der Waals surface area contributed by atoms with Gasteiger partial charge in [0, 0.05) is 44.1 Å². The van der Waals surface area contributed by atoms with Gasteiger partial charge in [-0.1, -0.05) is 168 Å². The molecule has 12 rings (SSSR count). The maximum atomic E-state index is 6.54. The molecule has 1 heterocycles. The van der Waals surface area contributed by atoms with Crippen molar-refractivity contribution >= 4 is 39.0 Å². The van der Waals surface area contributed by atoms with Crippen molar-refractivity contribution in [3.8, 4) is 33.4 Å². The van der Waals surface area contributed by atoms with E-state index >= 15 is 0 Å². The molecule has 1 unspecified atom stereocenters. The minimum absolute atomic E-state index is 0.0273. The molecule has 2 heteroatoms. The van der Waals surface area contributed by atoms with E-state index in [9.17, 15) is 0 Å². The van der Waals surface area contributed by atoms with E-state index in [4.69, 9.17) is 4.42 Å². The van der Waals surface area contributed by atoms with Crippen LogP contribution in [0, 0.1) is 17.8 Å². The number of rotatable bonds is 6. The second-order valence-corrected chi connectivity index (χ2v) is 19.4. The predicted molar refractivity (Wildman–Crippen MR) is 260 cm³/mol. The molecule has 2 spiro atoms. The van der Waals surface area contributed by atoms with Gasteiger partial charge in [0.1, 0.15) is 11.2 Å². The summed E-state index contributed by atoms with van der Waals surface area (Å²) < 4.78 is 6.54. The van der Waals surface area contributed by atoms with Crippen LogP contribution in [-0.2, 0) is 10.8 Å². The monoisotopic (exact) mass is 807 g/mol. The maximum Gasteiger partial charge on any atom is 0.143 e. The Morgan fingerprint density at radius 1 is 0.548 bits per heavy atom. The van der Waals surface area contributed by atoms with Crippen LogP contribution < -0.4 is 4.90 Å². The number of hydrogen-bond donors (Lipinski definition) is 0. The van der Waals surface area contributed by atoms with Gasteiger partial charge in [-0.2, -0.15) is 0 Å². The first kappa shape index (κ1) is 37.9. The van der Waals surface area contributed by atoms with Gasteiger partial charge < -0.3 is 9.32 Å². The minimum Gasteiger partial charge on any atom is -0.455 e. The third kappa shape index (κ3) is 5.47. The SMILES string of the molecule is CCC1C[C@@H](CC)C[C@@]2(c3ccccc3-c3cc(N(c4ccc(-c5cccc6c5oc5ccccc56)cc4)c4cccc5c4-c4ccccc4C54CCCCC4)ccc32)[C@@H](C)C1. The highest BCUT2D eigenvalue weighted by Crippen LogP contribution is 2.62. The average molecular weight is 808 g/mol. The van der Waals surface area contributed by atoms with Crippen molar-refractivity contribution in [1.29, 1.82) is 0 Å². The van der Waals surface area contributed by atoms with Crippen LogP contribution in [-0.4, -0.2) is 0 Å². The zero-order chi connectivity index (χ0) is 41.6. The van der Waals surface area contributed by atoms with Crippen LogP contribution in [0.1, 0.15) is 107 Å². The van der Waals surface area contributed by atoms with Crippen molar-refractivity contribution in [3.05, 3.63) is 174 Å². The maximum absolute atomic E-state index is 6.54. The van der Waals surface area contributed by atoms with Crippen molar-refractivity contribution in [2.45, 2.75) is 95.8 Å². The van der Waals surface area contributed by atoms with Crippen LogP contribution >= 0.6 is 0 Å². The smallest absolute Gasteiger partial charge is 0.143 e. The van der Waals surface area contributed by atoms with E-state index in [-0.39, 0.29) is 10.8 Å². The molecule has 0 N–H and O–H groups in total. The number of furan rings is 1. The number of nitrogens with zero attached hydrogens (tertiary/aromatic N) is 1. The first-order valence-corrected chi connectivity index (χ1v) is 23.8. The van der Waals surface area contributed by atoms with E-state index in [0.717, 1.165) is 44.9 Å². The Morgan fingerprint density at radius 2 is 1.21 bits per heavy atom. The molecule has 2 nitrogen and oxygen atoms in total. The summed E-state index contributed by atoms with van der Waals surface area (Å²) in [5, 5.41) is 2.32. The number of hydrogen-bond acceptors (Lipinski definition) is 2. The first-order valence-electron chi connectivity index (χ1n) is 23.8. The topological polar surface area (TPSA) is 16.4 Å². The largest absolute Gasteiger partial charge is 0.455 e. The second-order valence-electron chi connectivity index (χ2n) is 19.4. The fraction of sp³-hybridized carbons (Fsp3) is 0.300. The highest BCUT2D eigenvalue weighted by molar-refractivity contribution is 6.09. The average Bonchev–Trinajstić information content (AvgIpc) is 3.90. The lowest BCUT2D eigenvalue weighted by Crippen LogP contribution is -2.34. The van der Waals surface area contributed by atoms with Crippen LogP contribution in [0.5, 0.6) is 0 Å². The molecule has 4 aliphatic carbocycles. The van der Waals surface area contributed by atoms with Gasteiger partial charge in [-0.15, -0.1) is 0 Å². The molecule has 2 fully saturated rings. The van der Waals surface area contributed by atoms with Crippen molar-refractivity contribution in [1.82, 2.24) is 0 Å². The molecule has 0 aliphatic heterocycles. The molecule has 0 saturated heterocycles. The van der Waals surface area contributed by atoms with Crippen LogP contribution in [0.3, 0.4) is 0 Å². The van der Waals surface area contributed by atoms with Gasteiger partial charge in [0.2, 0.25) is 0 Å². The Labute approximate surface area is 367 Å². The first-order chi connectivity index (χ1) is 30.5. The summed E-state index contributed by atoms with van der Waals surface area (Å²) in [7, 11) is 0. The molecule has 0 radical (unpaired) electrons. The summed E-state index contributed by atoms with van der Waals surface area (Å²) in [4.78, 5) is 2.59. The number of para-hydroxylation sites is 2. The molecule has 62 heavy (non-hydrogen) atoms. The van der Waals surface area contributed by atoms with Crippen molar-refractivity contribution in [3.63, 3.8) is 0 Å². The molecule has 2 saturated carbocycles. The van der Waals surface area contributed by atoms with Gasteiger partial charge in [0.05, 0.1) is 5.69 Å². The molecule has 8 aromatic rings. The number of benzene rings is 7. The number of anilines is 3. The molecule has 0 amide bonds. The van der Waals surface area contributed by atoms with Gasteiger partial charge in [-0.3, -0.25) is 0 Å². The summed E-state index contributed by atoms with van der Waals surface area (Å²) in [6.07, 6.45) is 12.7. The summed E-state index contributed by atoms with van der Waals surface area (Å²) in [5.41, 5.74) is 19.7. The third-order valence-corrected chi connectivity index (χ3v) is 16.5. The van der Waals surface area contributed by atoms with E-state index in [1.165, 1.54) is 115 Å². The zero-order valence-corrected chi connectivity index (χ0v) is 36.6. The van der Waals surface area contributed by atoms with E-state index in [1.807, 2.05) is 0 Å². The number of fused-ring (bicyclic) bond motifs is 13. The zero-order valence-electron chi connectivity index (χ0n) is 36.6. The highest BCUT2D eigenvalue weighted by Gasteiger charge is 2.50. The van der Waals surface area contributed by atoms with Crippen LogP contribution in [0.2, 0.25) is 0 Å². The van der Waals surface area contributed by atoms with Gasteiger partial charge in [0.15, 0.2) is 0 Å². The second kappa shape index (κ2) is 14.6. The Morgan fingerprint density at radius 3 is 2.03 bits per heavy atom. The lowest BCUT2D eigenvalue weighted by molar-refractivity contribution is 0.291. The molecular weight excluding hydrogens is 751 g/mol. The normalized spacial score (nSPS) is 22.1. The summed E-state index contributed by atoms with van der Waals surface area (Å²) in [6.45, 7) is 7.42. The lowest BCUT2D eigenvalue weighted by atomic mass is 9.64. The van der Waals surface area contributed by atoms with E-state index in [1.54, 1.807) is 11.1 Å². The molecule has 4 atom stereocenters. The Bertz CT molecular complexity index is 3000.